The SMILES string of the molecule is Cc1nccnc1C(C)NC1CCC(=O)N(C)C1. The van der Waals surface area contributed by atoms with Crippen LogP contribution >= 0.6 is 0 Å². The maximum atomic E-state index is 11.4. The number of nitrogens with zero attached hydrogens (tertiary/aromatic N) is 3. The van der Waals surface area contributed by atoms with E-state index >= 15 is 0 Å². The first-order valence-corrected chi connectivity index (χ1v) is 6.35. The fraction of sp³-hybridized carbons (Fsp3) is 0.615. The van der Waals surface area contributed by atoms with E-state index in [-0.39, 0.29) is 11.9 Å². The molecule has 2 heterocycles. The van der Waals surface area contributed by atoms with Gasteiger partial charge in [0.05, 0.1) is 11.4 Å². The summed E-state index contributed by atoms with van der Waals surface area (Å²) in [4.78, 5) is 21.8. The first kappa shape index (κ1) is 13.0. The number of rotatable bonds is 3. The summed E-state index contributed by atoms with van der Waals surface area (Å²) in [6.45, 7) is 4.83. The topological polar surface area (TPSA) is 58.1 Å². The van der Waals surface area contributed by atoms with Gasteiger partial charge in [-0.3, -0.25) is 14.8 Å². The third-order valence-corrected chi connectivity index (χ3v) is 3.44. The minimum Gasteiger partial charge on any atom is -0.344 e. The maximum absolute atomic E-state index is 11.4. The molecule has 0 aromatic carbocycles. The summed E-state index contributed by atoms with van der Waals surface area (Å²) in [5.41, 5.74) is 1.94. The number of likely N-dealkylation sites (N-methyl/N-ethyl adjacent to an activating group) is 1. The molecule has 5 heteroatoms. The smallest absolute Gasteiger partial charge is 0.222 e. The highest BCUT2D eigenvalue weighted by molar-refractivity contribution is 5.76. The fourth-order valence-electron chi connectivity index (χ4n) is 2.42. The van der Waals surface area contributed by atoms with Crippen LogP contribution in [0.3, 0.4) is 0 Å². The van der Waals surface area contributed by atoms with Crippen molar-refractivity contribution >= 4 is 5.91 Å². The lowest BCUT2D eigenvalue weighted by atomic mass is 10.0. The van der Waals surface area contributed by atoms with Crippen LogP contribution in [0.2, 0.25) is 0 Å². The third-order valence-electron chi connectivity index (χ3n) is 3.44. The van der Waals surface area contributed by atoms with E-state index in [1.165, 1.54) is 0 Å². The summed E-state index contributed by atoms with van der Waals surface area (Å²) >= 11 is 0. The minimum absolute atomic E-state index is 0.158. The molecule has 98 valence electrons. The van der Waals surface area contributed by atoms with E-state index < -0.39 is 0 Å². The van der Waals surface area contributed by atoms with Gasteiger partial charge in [0.2, 0.25) is 5.91 Å². The normalized spacial score (nSPS) is 22.1. The maximum Gasteiger partial charge on any atom is 0.222 e. The molecule has 1 N–H and O–H groups in total. The molecule has 2 rings (SSSR count). The van der Waals surface area contributed by atoms with E-state index in [0.717, 1.165) is 24.4 Å². The van der Waals surface area contributed by atoms with Crippen molar-refractivity contribution < 1.29 is 4.79 Å². The van der Waals surface area contributed by atoms with Gasteiger partial charge >= 0.3 is 0 Å². The van der Waals surface area contributed by atoms with Crippen LogP contribution in [0.15, 0.2) is 12.4 Å². The minimum atomic E-state index is 0.158. The van der Waals surface area contributed by atoms with Crippen LogP contribution in [0.1, 0.15) is 37.2 Å². The monoisotopic (exact) mass is 248 g/mol. The van der Waals surface area contributed by atoms with Gasteiger partial charge in [-0.25, -0.2) is 0 Å². The number of piperidine rings is 1. The Hall–Kier alpha value is -1.49. The van der Waals surface area contributed by atoms with Crippen molar-refractivity contribution in [2.24, 2.45) is 0 Å². The van der Waals surface area contributed by atoms with Crippen molar-refractivity contribution in [3.05, 3.63) is 23.8 Å². The predicted octanol–water partition coefficient (Wildman–Crippen LogP) is 1.06. The highest BCUT2D eigenvalue weighted by atomic mass is 16.2. The molecule has 0 bridgehead atoms. The van der Waals surface area contributed by atoms with Crippen molar-refractivity contribution in [2.45, 2.75) is 38.8 Å². The molecule has 1 aliphatic heterocycles. The van der Waals surface area contributed by atoms with Crippen molar-refractivity contribution in [1.82, 2.24) is 20.2 Å². The van der Waals surface area contributed by atoms with Gasteiger partial charge in [0, 0.05) is 44.5 Å². The number of aromatic nitrogens is 2. The highest BCUT2D eigenvalue weighted by Gasteiger charge is 2.24. The average molecular weight is 248 g/mol. The van der Waals surface area contributed by atoms with Crippen LogP contribution in [-0.2, 0) is 4.79 Å². The molecule has 5 nitrogen and oxygen atoms in total. The van der Waals surface area contributed by atoms with Crippen LogP contribution < -0.4 is 5.32 Å². The first-order chi connectivity index (χ1) is 8.58. The number of carbonyl (C=O) groups is 1. The van der Waals surface area contributed by atoms with Crippen molar-refractivity contribution in [3.8, 4) is 0 Å². The van der Waals surface area contributed by atoms with E-state index in [1.807, 2.05) is 14.0 Å². The predicted molar refractivity (Wildman–Crippen MR) is 69.0 cm³/mol. The second-order valence-electron chi connectivity index (χ2n) is 4.93. The Morgan fingerprint density at radius 2 is 2.17 bits per heavy atom. The van der Waals surface area contributed by atoms with Crippen molar-refractivity contribution in [2.75, 3.05) is 13.6 Å². The van der Waals surface area contributed by atoms with Crippen LogP contribution in [-0.4, -0.2) is 40.4 Å². The van der Waals surface area contributed by atoms with Gasteiger partial charge in [-0.1, -0.05) is 0 Å². The van der Waals surface area contributed by atoms with E-state index in [9.17, 15) is 4.79 Å². The molecule has 1 saturated heterocycles. The summed E-state index contributed by atoms with van der Waals surface area (Å²) in [6.07, 6.45) is 4.95. The number of likely N-dealkylation sites (tertiary alicyclic amines) is 1. The highest BCUT2D eigenvalue weighted by Crippen LogP contribution is 2.16. The van der Waals surface area contributed by atoms with Gasteiger partial charge in [0.25, 0.3) is 0 Å². The molecule has 1 fully saturated rings. The number of hydrogen-bond donors (Lipinski definition) is 1. The number of hydrogen-bond acceptors (Lipinski definition) is 4. The van der Waals surface area contributed by atoms with Gasteiger partial charge in [-0.05, 0) is 20.3 Å². The van der Waals surface area contributed by atoms with Crippen LogP contribution in [0.4, 0.5) is 0 Å². The molecule has 1 aromatic heterocycles. The average Bonchev–Trinajstić information content (AvgIpc) is 2.34. The largest absolute Gasteiger partial charge is 0.344 e. The second kappa shape index (κ2) is 5.44. The zero-order valence-electron chi connectivity index (χ0n) is 11.2. The summed E-state index contributed by atoms with van der Waals surface area (Å²) in [6, 6.07) is 0.495. The van der Waals surface area contributed by atoms with Gasteiger partial charge in [0.1, 0.15) is 0 Å². The summed E-state index contributed by atoms with van der Waals surface area (Å²) in [5.74, 6) is 0.233. The lowest BCUT2D eigenvalue weighted by Crippen LogP contribution is -2.47. The quantitative estimate of drug-likeness (QED) is 0.869. The number of carbonyl (C=O) groups excluding carboxylic acids is 1. The third kappa shape index (κ3) is 2.85. The van der Waals surface area contributed by atoms with Crippen LogP contribution in [0.5, 0.6) is 0 Å². The molecule has 0 spiro atoms. The fourth-order valence-corrected chi connectivity index (χ4v) is 2.42. The van der Waals surface area contributed by atoms with E-state index in [2.05, 4.69) is 22.2 Å². The Kier molecular flexibility index (Phi) is 3.91. The standard InChI is InChI=1S/C13H20N4O/c1-9-13(15-7-6-14-9)10(2)16-11-4-5-12(18)17(3)8-11/h6-7,10-11,16H,4-5,8H2,1-3H3. The number of nitrogens with one attached hydrogen (secondary N) is 1. The van der Waals surface area contributed by atoms with Gasteiger partial charge < -0.3 is 10.2 Å². The van der Waals surface area contributed by atoms with Crippen molar-refractivity contribution in [3.63, 3.8) is 0 Å². The first-order valence-electron chi connectivity index (χ1n) is 6.35. The van der Waals surface area contributed by atoms with E-state index in [0.29, 0.717) is 12.5 Å². The molecule has 0 saturated carbocycles. The molecule has 0 aliphatic carbocycles. The van der Waals surface area contributed by atoms with E-state index in [1.54, 1.807) is 17.3 Å². The Morgan fingerprint density at radius 1 is 1.44 bits per heavy atom. The Morgan fingerprint density at radius 3 is 2.83 bits per heavy atom. The molecule has 1 aromatic rings. The lowest BCUT2D eigenvalue weighted by Gasteiger charge is -2.32. The second-order valence-corrected chi connectivity index (χ2v) is 4.93. The Balaban J connectivity index is 1.98. The zero-order valence-corrected chi connectivity index (χ0v) is 11.2. The van der Waals surface area contributed by atoms with Gasteiger partial charge in [-0.2, -0.15) is 0 Å². The number of amides is 1. The van der Waals surface area contributed by atoms with Gasteiger partial charge in [0.15, 0.2) is 0 Å². The summed E-state index contributed by atoms with van der Waals surface area (Å²) in [5, 5.41) is 3.53. The summed E-state index contributed by atoms with van der Waals surface area (Å²) in [7, 11) is 1.86. The molecule has 0 radical (unpaired) electrons. The summed E-state index contributed by atoms with van der Waals surface area (Å²) < 4.78 is 0. The van der Waals surface area contributed by atoms with Gasteiger partial charge in [-0.15, -0.1) is 0 Å². The van der Waals surface area contributed by atoms with Crippen LogP contribution in [0, 0.1) is 6.92 Å². The Labute approximate surface area is 108 Å². The molecular formula is C13H20N4O. The molecular weight excluding hydrogens is 228 g/mol. The molecule has 18 heavy (non-hydrogen) atoms. The molecule has 1 aliphatic rings. The van der Waals surface area contributed by atoms with Crippen LogP contribution in [0.25, 0.3) is 0 Å². The molecule has 2 atom stereocenters. The Bertz CT molecular complexity index is 435. The number of aryl methyl sites for hydroxylation is 1. The van der Waals surface area contributed by atoms with E-state index in [4.69, 9.17) is 0 Å². The molecule has 1 amide bonds. The lowest BCUT2D eigenvalue weighted by molar-refractivity contribution is -0.132. The molecule has 2 unspecified atom stereocenters. The zero-order chi connectivity index (χ0) is 13.1. The van der Waals surface area contributed by atoms with Crippen molar-refractivity contribution in [1.29, 1.82) is 0 Å².